The number of nitrogens with one attached hydrogen (secondary N) is 3. The van der Waals surface area contributed by atoms with Gasteiger partial charge in [0.05, 0.1) is 28.9 Å². The highest BCUT2D eigenvalue weighted by atomic mass is 19.4. The van der Waals surface area contributed by atoms with Crippen molar-refractivity contribution < 1.29 is 41.8 Å². The standard InChI is InChI=1S/C31H37F3N4O6/c1-30(2,3)44-29(42)36-22-14-13-20(31(32,33)34)17-21(22)26(39)35-24-15-16-38(27(24)40)25-12-8-7-11-23(25)37-28(41)43-18-19-9-5-4-6-10-19/h4-6,9-10,13-14,17,23-25H,7-8,11-12,15-16,18H2,1-3H3,(H,35,39)(H,36,42)(H,37,41)/t23-,24-,25+/m0/s1. The minimum Gasteiger partial charge on any atom is -0.445 e. The van der Waals surface area contributed by atoms with Crippen LogP contribution in [-0.2, 0) is 27.1 Å². The summed E-state index contributed by atoms with van der Waals surface area (Å²) in [6, 6.07) is 9.86. The molecule has 0 radical (unpaired) electrons. The van der Waals surface area contributed by atoms with Crippen LogP contribution in [0.15, 0.2) is 48.5 Å². The summed E-state index contributed by atoms with van der Waals surface area (Å²) in [4.78, 5) is 53.2. The van der Waals surface area contributed by atoms with Crippen LogP contribution in [-0.4, -0.2) is 59.2 Å². The largest absolute Gasteiger partial charge is 0.445 e. The van der Waals surface area contributed by atoms with Gasteiger partial charge in [0.2, 0.25) is 5.91 Å². The number of amides is 4. The van der Waals surface area contributed by atoms with Gasteiger partial charge in [-0.3, -0.25) is 14.9 Å². The van der Waals surface area contributed by atoms with Crippen molar-refractivity contribution in [3.05, 3.63) is 65.2 Å². The number of benzene rings is 2. The Balaban J connectivity index is 1.43. The van der Waals surface area contributed by atoms with Crippen molar-refractivity contribution in [2.75, 3.05) is 11.9 Å². The van der Waals surface area contributed by atoms with Gasteiger partial charge in [-0.2, -0.15) is 13.2 Å². The van der Waals surface area contributed by atoms with Crippen LogP contribution in [0.3, 0.4) is 0 Å². The number of carbonyl (C=O) groups excluding carboxylic acids is 4. The van der Waals surface area contributed by atoms with Gasteiger partial charge in [-0.1, -0.05) is 43.2 Å². The lowest BCUT2D eigenvalue weighted by Crippen LogP contribution is -2.55. The summed E-state index contributed by atoms with van der Waals surface area (Å²) in [6.07, 6.45) is -3.11. The van der Waals surface area contributed by atoms with Crippen molar-refractivity contribution >= 4 is 29.7 Å². The van der Waals surface area contributed by atoms with Crippen molar-refractivity contribution in [2.24, 2.45) is 0 Å². The van der Waals surface area contributed by atoms with Gasteiger partial charge < -0.3 is 25.0 Å². The number of anilines is 1. The second kappa shape index (κ2) is 13.6. The normalized spacial score (nSPS) is 20.5. The van der Waals surface area contributed by atoms with Crippen LogP contribution in [0.25, 0.3) is 0 Å². The van der Waals surface area contributed by atoms with Gasteiger partial charge >= 0.3 is 18.4 Å². The molecule has 3 atom stereocenters. The molecule has 1 aliphatic carbocycles. The molecule has 2 fully saturated rings. The monoisotopic (exact) mass is 618 g/mol. The Morgan fingerprint density at radius 2 is 1.64 bits per heavy atom. The molecule has 2 aromatic rings. The van der Waals surface area contributed by atoms with E-state index in [0.29, 0.717) is 18.9 Å². The Kier molecular flexibility index (Phi) is 10.1. The summed E-state index contributed by atoms with van der Waals surface area (Å²) in [5, 5.41) is 7.76. The highest BCUT2D eigenvalue weighted by molar-refractivity contribution is 6.04. The van der Waals surface area contributed by atoms with Gasteiger partial charge in [-0.25, -0.2) is 9.59 Å². The smallest absolute Gasteiger partial charge is 0.416 e. The SMILES string of the molecule is CC(C)(C)OC(=O)Nc1ccc(C(F)(F)F)cc1C(=O)N[C@H]1CCN([C@@H]2CCCC[C@@H]2NC(=O)OCc2ccccc2)C1=O. The molecule has 0 aromatic heterocycles. The number of ether oxygens (including phenoxy) is 2. The second-order valence-corrected chi connectivity index (χ2v) is 11.9. The number of alkyl carbamates (subject to hydrolysis) is 1. The minimum absolute atomic E-state index is 0.0983. The fourth-order valence-corrected chi connectivity index (χ4v) is 5.40. The number of hydrogen-bond acceptors (Lipinski definition) is 6. The molecular weight excluding hydrogens is 581 g/mol. The summed E-state index contributed by atoms with van der Waals surface area (Å²) in [6.45, 7) is 5.23. The van der Waals surface area contributed by atoms with Crippen LogP contribution < -0.4 is 16.0 Å². The maximum absolute atomic E-state index is 13.5. The molecule has 0 unspecified atom stereocenters. The predicted molar refractivity (Wildman–Crippen MR) is 155 cm³/mol. The van der Waals surface area contributed by atoms with E-state index in [1.54, 1.807) is 25.7 Å². The van der Waals surface area contributed by atoms with Crippen LogP contribution in [0.4, 0.5) is 28.4 Å². The summed E-state index contributed by atoms with van der Waals surface area (Å²) in [5.41, 5.74) is -1.80. The van der Waals surface area contributed by atoms with Gasteiger partial charge in [0.25, 0.3) is 5.91 Å². The number of hydrogen-bond donors (Lipinski definition) is 3. The lowest BCUT2D eigenvalue weighted by atomic mass is 9.89. The van der Waals surface area contributed by atoms with E-state index in [4.69, 9.17) is 9.47 Å². The van der Waals surface area contributed by atoms with Crippen molar-refractivity contribution in [3.63, 3.8) is 0 Å². The Labute approximate surface area is 253 Å². The van der Waals surface area contributed by atoms with Gasteiger partial charge in [0, 0.05) is 6.54 Å². The molecule has 2 aromatic carbocycles. The molecule has 1 saturated carbocycles. The zero-order valence-corrected chi connectivity index (χ0v) is 24.8. The number of carbonyl (C=O) groups is 4. The quantitative estimate of drug-likeness (QED) is 0.370. The van der Waals surface area contributed by atoms with E-state index < -0.39 is 52.9 Å². The fourth-order valence-electron chi connectivity index (χ4n) is 5.40. The first-order valence-electron chi connectivity index (χ1n) is 14.5. The van der Waals surface area contributed by atoms with Crippen molar-refractivity contribution in [2.45, 2.75) is 89.4 Å². The molecule has 1 saturated heterocycles. The first-order chi connectivity index (χ1) is 20.7. The van der Waals surface area contributed by atoms with Crippen LogP contribution in [0, 0.1) is 0 Å². The third kappa shape index (κ3) is 8.64. The second-order valence-electron chi connectivity index (χ2n) is 11.9. The maximum atomic E-state index is 13.5. The fraction of sp³-hybridized carbons (Fsp3) is 0.484. The molecule has 2 aliphatic rings. The molecule has 0 spiro atoms. The van der Waals surface area contributed by atoms with Crippen LogP contribution >= 0.6 is 0 Å². The molecule has 44 heavy (non-hydrogen) atoms. The van der Waals surface area contributed by atoms with E-state index in [1.165, 1.54) is 0 Å². The lowest BCUT2D eigenvalue weighted by Gasteiger charge is -2.38. The van der Waals surface area contributed by atoms with Gasteiger partial charge in [0.1, 0.15) is 18.2 Å². The van der Waals surface area contributed by atoms with Crippen molar-refractivity contribution in [3.8, 4) is 0 Å². The topological polar surface area (TPSA) is 126 Å². The Hall–Kier alpha value is -4.29. The number of rotatable bonds is 7. The van der Waals surface area contributed by atoms with E-state index in [2.05, 4.69) is 16.0 Å². The number of alkyl halides is 3. The van der Waals surface area contributed by atoms with Crippen LogP contribution in [0.1, 0.15) is 74.4 Å². The van der Waals surface area contributed by atoms with Crippen molar-refractivity contribution in [1.29, 1.82) is 0 Å². The third-order valence-electron chi connectivity index (χ3n) is 7.42. The first-order valence-corrected chi connectivity index (χ1v) is 14.5. The Morgan fingerprint density at radius 1 is 0.932 bits per heavy atom. The summed E-state index contributed by atoms with van der Waals surface area (Å²) in [7, 11) is 0. The molecule has 0 bridgehead atoms. The molecule has 4 rings (SSSR count). The minimum atomic E-state index is -4.75. The van der Waals surface area contributed by atoms with E-state index in [0.717, 1.165) is 30.5 Å². The van der Waals surface area contributed by atoms with E-state index in [1.807, 2.05) is 30.3 Å². The molecule has 1 heterocycles. The highest BCUT2D eigenvalue weighted by Crippen LogP contribution is 2.33. The van der Waals surface area contributed by atoms with Gasteiger partial charge in [-0.05, 0) is 63.8 Å². The first kappa shape index (κ1) is 32.6. The molecule has 3 N–H and O–H groups in total. The Morgan fingerprint density at radius 3 is 2.32 bits per heavy atom. The zero-order valence-electron chi connectivity index (χ0n) is 24.8. The molecule has 4 amide bonds. The molecule has 1 aliphatic heterocycles. The molecule has 13 heteroatoms. The average molecular weight is 619 g/mol. The maximum Gasteiger partial charge on any atom is 0.416 e. The van der Waals surface area contributed by atoms with Gasteiger partial charge in [-0.15, -0.1) is 0 Å². The van der Waals surface area contributed by atoms with Crippen LogP contribution in [0.5, 0.6) is 0 Å². The molecule has 238 valence electrons. The number of likely N-dealkylation sites (tertiary alicyclic amines) is 1. The highest BCUT2D eigenvalue weighted by Gasteiger charge is 2.41. The van der Waals surface area contributed by atoms with E-state index >= 15 is 0 Å². The lowest BCUT2D eigenvalue weighted by molar-refractivity contribution is -0.137. The summed E-state index contributed by atoms with van der Waals surface area (Å²) < 4.78 is 51.0. The summed E-state index contributed by atoms with van der Waals surface area (Å²) in [5.74, 6) is -1.35. The van der Waals surface area contributed by atoms with E-state index in [9.17, 15) is 32.3 Å². The Bertz CT molecular complexity index is 1360. The van der Waals surface area contributed by atoms with Crippen molar-refractivity contribution in [1.82, 2.24) is 15.5 Å². The third-order valence-corrected chi connectivity index (χ3v) is 7.42. The number of halogens is 3. The number of nitrogens with zero attached hydrogens (tertiary/aromatic N) is 1. The predicted octanol–water partition coefficient (Wildman–Crippen LogP) is 5.62. The van der Waals surface area contributed by atoms with Gasteiger partial charge in [0.15, 0.2) is 0 Å². The van der Waals surface area contributed by atoms with Crippen LogP contribution in [0.2, 0.25) is 0 Å². The zero-order chi connectivity index (χ0) is 32.1. The summed E-state index contributed by atoms with van der Waals surface area (Å²) >= 11 is 0. The molecule has 10 nitrogen and oxygen atoms in total. The van der Waals surface area contributed by atoms with E-state index in [-0.39, 0.29) is 37.3 Å². The molecular formula is C31H37F3N4O6. The average Bonchev–Trinajstić information content (AvgIpc) is 3.30.